The van der Waals surface area contributed by atoms with Crippen molar-refractivity contribution < 1.29 is 14.3 Å². The highest BCUT2D eigenvalue weighted by Crippen LogP contribution is 2.29. The van der Waals surface area contributed by atoms with Crippen molar-refractivity contribution in [3.8, 4) is 0 Å². The molecule has 1 atom stereocenters. The van der Waals surface area contributed by atoms with E-state index in [1.54, 1.807) is 36.3 Å². The van der Waals surface area contributed by atoms with Crippen LogP contribution in [0.15, 0.2) is 73.1 Å². The second kappa shape index (κ2) is 10.7. The van der Waals surface area contributed by atoms with Crippen LogP contribution in [0.1, 0.15) is 17.2 Å². The van der Waals surface area contributed by atoms with Crippen molar-refractivity contribution in [2.45, 2.75) is 19.5 Å². The number of fused-ring (bicyclic) bond motifs is 1. The largest absolute Gasteiger partial charge is 0.383 e. The van der Waals surface area contributed by atoms with Crippen molar-refractivity contribution in [1.82, 2.24) is 25.3 Å². The lowest BCUT2D eigenvalue weighted by molar-refractivity contribution is -0.127. The second-order valence-electron chi connectivity index (χ2n) is 7.81. The van der Waals surface area contributed by atoms with Gasteiger partial charge in [0.1, 0.15) is 18.1 Å². The molecule has 0 saturated heterocycles. The lowest BCUT2D eigenvalue weighted by atomic mass is 10.0. The van der Waals surface area contributed by atoms with Gasteiger partial charge < -0.3 is 10.1 Å². The molecule has 0 aliphatic heterocycles. The molecule has 34 heavy (non-hydrogen) atoms. The Bertz CT molecular complexity index is 1270. The summed E-state index contributed by atoms with van der Waals surface area (Å²) >= 11 is 0. The third-order valence-electron chi connectivity index (χ3n) is 5.37. The molecule has 9 nitrogen and oxygen atoms in total. The van der Waals surface area contributed by atoms with Crippen molar-refractivity contribution in [2.75, 3.05) is 25.2 Å². The van der Waals surface area contributed by atoms with Crippen LogP contribution in [0.25, 0.3) is 11.0 Å². The van der Waals surface area contributed by atoms with E-state index in [0.717, 1.165) is 11.1 Å². The smallest absolute Gasteiger partial charge is 0.249 e. The summed E-state index contributed by atoms with van der Waals surface area (Å²) in [5.41, 5.74) is 3.59. The van der Waals surface area contributed by atoms with Crippen LogP contribution in [0, 0.1) is 6.92 Å². The molecule has 9 heteroatoms. The van der Waals surface area contributed by atoms with Gasteiger partial charge in [-0.3, -0.25) is 19.5 Å². The van der Waals surface area contributed by atoms with E-state index in [1.807, 2.05) is 55.5 Å². The number of hydrogen-bond acceptors (Lipinski definition) is 6. The van der Waals surface area contributed by atoms with Crippen LogP contribution in [0.5, 0.6) is 0 Å². The lowest BCUT2D eigenvalue weighted by Gasteiger charge is -2.31. The molecule has 2 amide bonds. The summed E-state index contributed by atoms with van der Waals surface area (Å²) < 4.78 is 6.62. The first-order valence-electron chi connectivity index (χ1n) is 10.9. The van der Waals surface area contributed by atoms with Gasteiger partial charge in [0.05, 0.1) is 12.1 Å². The molecule has 2 aromatic heterocycles. The summed E-state index contributed by atoms with van der Waals surface area (Å²) in [6.07, 6.45) is 3.23. The summed E-state index contributed by atoms with van der Waals surface area (Å²) in [6.45, 7) is 2.52. The molecule has 174 valence electrons. The second-order valence-corrected chi connectivity index (χ2v) is 7.81. The number of carbonyl (C=O) groups is 2. The maximum atomic E-state index is 13.8. The number of anilines is 1. The quantitative estimate of drug-likeness (QED) is 0.387. The molecule has 0 aliphatic rings. The molecular weight excluding hydrogens is 432 g/mol. The monoisotopic (exact) mass is 458 g/mol. The molecular formula is C25H26N6O3. The standard InChI is InChI=1S/C25H26N6O3/c1-18-7-5-9-20(15-18)31(23(32)17-30-22-11-4-3-10-21(22)28-29-30)24(19-8-6-12-26-16-19)25(33)27-13-14-34-2/h3-12,15-16,24H,13-14,17H2,1-2H3,(H,27,33). The van der Waals surface area contributed by atoms with Crippen molar-refractivity contribution in [1.29, 1.82) is 0 Å². The third kappa shape index (κ3) is 5.10. The van der Waals surface area contributed by atoms with E-state index in [0.29, 0.717) is 29.9 Å². The average Bonchev–Trinajstić information content (AvgIpc) is 3.25. The summed E-state index contributed by atoms with van der Waals surface area (Å²) in [5, 5.41) is 11.2. The average molecular weight is 459 g/mol. The van der Waals surface area contributed by atoms with E-state index in [1.165, 1.54) is 4.90 Å². The number of pyridine rings is 1. The van der Waals surface area contributed by atoms with Crippen molar-refractivity contribution in [3.63, 3.8) is 0 Å². The SMILES string of the molecule is COCCNC(=O)C(c1cccnc1)N(C(=O)Cn1nnc2ccccc21)c1cccc(C)c1. The molecule has 2 aromatic carbocycles. The van der Waals surface area contributed by atoms with Crippen LogP contribution in [0.2, 0.25) is 0 Å². The predicted octanol–water partition coefficient (Wildman–Crippen LogP) is 2.67. The van der Waals surface area contributed by atoms with E-state index < -0.39 is 6.04 Å². The molecule has 0 bridgehead atoms. The summed E-state index contributed by atoms with van der Waals surface area (Å²) in [6, 6.07) is 17.5. The lowest BCUT2D eigenvalue weighted by Crippen LogP contribution is -2.46. The third-order valence-corrected chi connectivity index (χ3v) is 5.37. The number of nitrogens with zero attached hydrogens (tertiary/aromatic N) is 5. The Kier molecular flexibility index (Phi) is 7.24. The normalized spacial score (nSPS) is 11.8. The fourth-order valence-electron chi connectivity index (χ4n) is 3.78. The van der Waals surface area contributed by atoms with Crippen molar-refractivity contribution in [3.05, 3.63) is 84.2 Å². The maximum Gasteiger partial charge on any atom is 0.249 e. The van der Waals surface area contributed by atoms with Gasteiger partial charge in [-0.05, 0) is 42.8 Å². The number of benzene rings is 2. The molecule has 0 saturated carbocycles. The highest BCUT2D eigenvalue weighted by Gasteiger charge is 2.33. The number of rotatable bonds is 9. The van der Waals surface area contributed by atoms with Gasteiger partial charge in [-0.1, -0.05) is 35.5 Å². The van der Waals surface area contributed by atoms with Crippen LogP contribution in [0.4, 0.5) is 5.69 Å². The Labute approximate surface area is 197 Å². The number of aromatic nitrogens is 4. The minimum atomic E-state index is -0.936. The molecule has 0 spiro atoms. The first-order chi connectivity index (χ1) is 16.6. The molecule has 0 radical (unpaired) electrons. The van der Waals surface area contributed by atoms with Crippen LogP contribution in [-0.2, 0) is 20.9 Å². The van der Waals surface area contributed by atoms with Gasteiger partial charge in [-0.25, -0.2) is 4.68 Å². The van der Waals surface area contributed by atoms with E-state index in [2.05, 4.69) is 20.6 Å². The maximum absolute atomic E-state index is 13.8. The van der Waals surface area contributed by atoms with Gasteiger partial charge in [0, 0.05) is 37.3 Å². The number of methoxy groups -OCH3 is 1. The first-order valence-corrected chi connectivity index (χ1v) is 10.9. The summed E-state index contributed by atoms with van der Waals surface area (Å²) in [4.78, 5) is 32.9. The molecule has 1 N–H and O–H groups in total. The Balaban J connectivity index is 1.76. The fourth-order valence-corrected chi connectivity index (χ4v) is 3.78. The number of aryl methyl sites for hydroxylation is 1. The highest BCUT2D eigenvalue weighted by molar-refractivity contribution is 6.01. The minimum Gasteiger partial charge on any atom is -0.383 e. The van der Waals surface area contributed by atoms with E-state index in [9.17, 15) is 9.59 Å². The number of hydrogen-bond donors (Lipinski definition) is 1. The molecule has 0 aliphatic carbocycles. The Morgan fingerprint density at radius 1 is 1.12 bits per heavy atom. The first kappa shape index (κ1) is 23.1. The van der Waals surface area contributed by atoms with Gasteiger partial charge in [0.25, 0.3) is 0 Å². The molecule has 0 fully saturated rings. The summed E-state index contributed by atoms with van der Waals surface area (Å²) in [5.74, 6) is -0.639. The topological polar surface area (TPSA) is 102 Å². The fraction of sp³-hybridized carbons (Fsp3) is 0.240. The van der Waals surface area contributed by atoms with Crippen LogP contribution >= 0.6 is 0 Å². The van der Waals surface area contributed by atoms with E-state index >= 15 is 0 Å². The van der Waals surface area contributed by atoms with E-state index in [4.69, 9.17) is 4.74 Å². The predicted molar refractivity (Wildman–Crippen MR) is 128 cm³/mol. The van der Waals surface area contributed by atoms with Crippen LogP contribution in [-0.4, -0.2) is 52.1 Å². The zero-order chi connectivity index (χ0) is 23.9. The Morgan fingerprint density at radius 2 is 1.97 bits per heavy atom. The van der Waals surface area contributed by atoms with Gasteiger partial charge >= 0.3 is 0 Å². The highest BCUT2D eigenvalue weighted by atomic mass is 16.5. The van der Waals surface area contributed by atoms with Gasteiger partial charge in [-0.2, -0.15) is 0 Å². The molecule has 4 rings (SSSR count). The molecule has 4 aromatic rings. The minimum absolute atomic E-state index is 0.0867. The van der Waals surface area contributed by atoms with Crippen molar-refractivity contribution in [2.24, 2.45) is 0 Å². The van der Waals surface area contributed by atoms with E-state index in [-0.39, 0.29) is 18.4 Å². The van der Waals surface area contributed by atoms with Gasteiger partial charge in [0.2, 0.25) is 11.8 Å². The number of nitrogens with one attached hydrogen (secondary N) is 1. The Hall–Kier alpha value is -4.11. The number of amides is 2. The van der Waals surface area contributed by atoms with Gasteiger partial charge in [0.15, 0.2) is 0 Å². The number of para-hydroxylation sites is 1. The molecule has 1 unspecified atom stereocenters. The number of ether oxygens (including phenoxy) is 1. The van der Waals surface area contributed by atoms with Crippen LogP contribution < -0.4 is 10.2 Å². The zero-order valence-corrected chi connectivity index (χ0v) is 19.1. The Morgan fingerprint density at radius 3 is 2.74 bits per heavy atom. The zero-order valence-electron chi connectivity index (χ0n) is 19.1. The van der Waals surface area contributed by atoms with Crippen LogP contribution in [0.3, 0.4) is 0 Å². The summed E-state index contributed by atoms with van der Waals surface area (Å²) in [7, 11) is 1.57. The molecule has 2 heterocycles. The van der Waals surface area contributed by atoms with Gasteiger partial charge in [-0.15, -0.1) is 5.10 Å². The number of carbonyl (C=O) groups excluding carboxylic acids is 2. The van der Waals surface area contributed by atoms with Crippen molar-refractivity contribution >= 4 is 28.5 Å².